The van der Waals surface area contributed by atoms with Gasteiger partial charge in [-0.1, -0.05) is 23.1 Å². The lowest BCUT2D eigenvalue weighted by molar-refractivity contribution is 0.431. The summed E-state index contributed by atoms with van der Waals surface area (Å²) in [6.07, 6.45) is 5.35. The van der Waals surface area contributed by atoms with Crippen LogP contribution in [0.5, 0.6) is 0 Å². The van der Waals surface area contributed by atoms with Gasteiger partial charge in [-0.05, 0) is 43.3 Å². The normalized spacial score (nSPS) is 17.2. The number of nitrogens with zero attached hydrogens (tertiary/aromatic N) is 5. The lowest BCUT2D eigenvalue weighted by atomic mass is 9.91. The van der Waals surface area contributed by atoms with Crippen LogP contribution in [0.1, 0.15) is 23.6 Å². The van der Waals surface area contributed by atoms with Crippen molar-refractivity contribution in [2.45, 2.75) is 12.6 Å². The third-order valence-corrected chi connectivity index (χ3v) is 5.14. The fourth-order valence-corrected chi connectivity index (χ4v) is 3.46. The minimum absolute atomic E-state index is 0.672. The maximum atomic E-state index is 6.44. The van der Waals surface area contributed by atoms with Crippen LogP contribution in [0.2, 0.25) is 0 Å². The topological polar surface area (TPSA) is 107 Å². The molecule has 1 aliphatic heterocycles. The van der Waals surface area contributed by atoms with Gasteiger partial charge >= 0.3 is 0 Å². The summed E-state index contributed by atoms with van der Waals surface area (Å²) in [4.78, 5) is 8.80. The molecular formula is C23H20N8. The minimum atomic E-state index is -0.740. The van der Waals surface area contributed by atoms with Crippen molar-refractivity contribution >= 4 is 28.2 Å². The molecule has 152 valence electrons. The van der Waals surface area contributed by atoms with Gasteiger partial charge < -0.3 is 16.4 Å². The number of rotatable bonds is 2. The number of anilines is 2. The number of nitrogens with one attached hydrogen (secondary N) is 2. The summed E-state index contributed by atoms with van der Waals surface area (Å²) in [5, 5.41) is 14.6. The van der Waals surface area contributed by atoms with E-state index in [1.807, 2.05) is 62.6 Å². The second-order valence-corrected chi connectivity index (χ2v) is 7.53. The van der Waals surface area contributed by atoms with E-state index in [1.165, 1.54) is 0 Å². The first-order chi connectivity index (χ1) is 15.0. The second-order valence-electron chi connectivity index (χ2n) is 7.53. The van der Waals surface area contributed by atoms with Crippen LogP contribution in [-0.4, -0.2) is 25.0 Å². The summed E-state index contributed by atoms with van der Waals surface area (Å²) in [6, 6.07) is 13.5. The van der Waals surface area contributed by atoms with Crippen molar-refractivity contribution in [1.82, 2.24) is 30.3 Å². The van der Waals surface area contributed by atoms with Crippen LogP contribution in [0, 0.1) is 11.8 Å². The molecule has 5 rings (SSSR count). The number of hydrogen-bond donors (Lipinski definition) is 3. The van der Waals surface area contributed by atoms with Gasteiger partial charge in [-0.3, -0.25) is 0 Å². The number of aromatic nitrogens is 5. The first-order valence-corrected chi connectivity index (χ1v) is 9.77. The van der Waals surface area contributed by atoms with E-state index in [0.29, 0.717) is 11.6 Å². The van der Waals surface area contributed by atoms with Gasteiger partial charge in [0.2, 0.25) is 0 Å². The fourth-order valence-electron chi connectivity index (χ4n) is 3.46. The third kappa shape index (κ3) is 3.58. The Labute approximate surface area is 179 Å². The smallest absolute Gasteiger partial charge is 0.132 e. The molecule has 1 aliphatic rings. The molecule has 0 radical (unpaired) electrons. The van der Waals surface area contributed by atoms with E-state index < -0.39 is 5.66 Å². The number of aryl methyl sites for hydroxylation is 1. The summed E-state index contributed by atoms with van der Waals surface area (Å²) < 4.78 is 1.73. The van der Waals surface area contributed by atoms with Crippen molar-refractivity contribution in [3.05, 3.63) is 77.7 Å². The standard InChI is InChI=1S/C23H20N8/c1-23(24)18-14-26-22(28-21-5-3-4-10-25-21)12-17(18)16(13-27-23)8-6-15-7-9-19-20(11-15)31(2)30-29-19/h3-5,7,9-14,27H,24H2,1-2H3,(H,25,26,28). The van der Waals surface area contributed by atoms with Gasteiger partial charge in [-0.2, -0.15) is 0 Å². The molecule has 3 aromatic heterocycles. The molecule has 4 N–H and O–H groups in total. The van der Waals surface area contributed by atoms with E-state index in [1.54, 1.807) is 17.1 Å². The second kappa shape index (κ2) is 7.23. The average molecular weight is 408 g/mol. The molecule has 8 nitrogen and oxygen atoms in total. The van der Waals surface area contributed by atoms with Crippen LogP contribution in [0.3, 0.4) is 0 Å². The minimum Gasteiger partial charge on any atom is -0.369 e. The van der Waals surface area contributed by atoms with Gasteiger partial charge in [0.15, 0.2) is 0 Å². The van der Waals surface area contributed by atoms with Crippen LogP contribution in [0.4, 0.5) is 11.6 Å². The van der Waals surface area contributed by atoms with Gasteiger partial charge in [0.1, 0.15) is 22.8 Å². The van der Waals surface area contributed by atoms with Crippen molar-refractivity contribution in [2.75, 3.05) is 5.32 Å². The molecule has 4 heterocycles. The van der Waals surface area contributed by atoms with Crippen molar-refractivity contribution in [1.29, 1.82) is 0 Å². The molecular weight excluding hydrogens is 388 g/mol. The number of allylic oxidation sites excluding steroid dienone is 1. The number of fused-ring (bicyclic) bond motifs is 2. The first kappa shape index (κ1) is 18.8. The molecule has 1 atom stereocenters. The lowest BCUT2D eigenvalue weighted by Crippen LogP contribution is -2.47. The number of benzene rings is 1. The molecule has 8 heteroatoms. The maximum absolute atomic E-state index is 6.44. The van der Waals surface area contributed by atoms with Crippen LogP contribution in [0.15, 0.2) is 61.1 Å². The molecule has 1 aromatic carbocycles. The molecule has 4 aromatic rings. The molecule has 0 amide bonds. The number of pyridine rings is 2. The Balaban J connectivity index is 1.52. The Hall–Kier alpha value is -4.22. The third-order valence-electron chi connectivity index (χ3n) is 5.14. The SMILES string of the molecule is Cn1nnc2ccc(C#CC3=CNC(C)(N)c4cnc(Nc5ccccn5)cc43)cc21. The highest BCUT2D eigenvalue weighted by Gasteiger charge is 2.28. The van der Waals surface area contributed by atoms with Crippen molar-refractivity contribution in [3.8, 4) is 11.8 Å². The summed E-state index contributed by atoms with van der Waals surface area (Å²) >= 11 is 0. The lowest BCUT2D eigenvalue weighted by Gasteiger charge is -2.32. The van der Waals surface area contributed by atoms with Gasteiger partial charge in [0, 0.05) is 47.9 Å². The molecule has 0 fully saturated rings. The zero-order valence-electron chi connectivity index (χ0n) is 17.1. The summed E-state index contributed by atoms with van der Waals surface area (Å²) in [7, 11) is 1.86. The zero-order chi connectivity index (χ0) is 21.4. The fraction of sp³-hybridized carbons (Fsp3) is 0.130. The van der Waals surface area contributed by atoms with Crippen LogP contribution in [-0.2, 0) is 12.7 Å². The summed E-state index contributed by atoms with van der Waals surface area (Å²) in [5.41, 5.74) is 11.0. The first-order valence-electron chi connectivity index (χ1n) is 9.77. The van der Waals surface area contributed by atoms with Crippen molar-refractivity contribution in [2.24, 2.45) is 12.8 Å². The Morgan fingerprint density at radius 3 is 2.84 bits per heavy atom. The van der Waals surface area contributed by atoms with E-state index in [0.717, 1.165) is 33.3 Å². The van der Waals surface area contributed by atoms with Gasteiger partial charge in [-0.25, -0.2) is 14.6 Å². The predicted molar refractivity (Wildman–Crippen MR) is 120 cm³/mol. The van der Waals surface area contributed by atoms with Crippen molar-refractivity contribution in [3.63, 3.8) is 0 Å². The van der Waals surface area contributed by atoms with Crippen LogP contribution in [0.25, 0.3) is 16.6 Å². The Kier molecular flexibility index (Phi) is 4.38. The monoisotopic (exact) mass is 408 g/mol. The molecule has 1 unspecified atom stereocenters. The van der Waals surface area contributed by atoms with E-state index in [2.05, 4.69) is 42.8 Å². The molecule has 31 heavy (non-hydrogen) atoms. The molecule has 0 saturated carbocycles. The Morgan fingerprint density at radius 1 is 1.10 bits per heavy atom. The van der Waals surface area contributed by atoms with Crippen molar-refractivity contribution < 1.29 is 0 Å². The molecule has 0 bridgehead atoms. The Bertz CT molecular complexity index is 1370. The highest BCUT2D eigenvalue weighted by atomic mass is 15.4. The summed E-state index contributed by atoms with van der Waals surface area (Å²) in [6.45, 7) is 1.91. The van der Waals surface area contributed by atoms with E-state index in [-0.39, 0.29) is 0 Å². The predicted octanol–water partition coefficient (Wildman–Crippen LogP) is 2.63. The quantitative estimate of drug-likeness (QED) is 0.438. The summed E-state index contributed by atoms with van der Waals surface area (Å²) in [5.74, 6) is 7.90. The highest BCUT2D eigenvalue weighted by Crippen LogP contribution is 2.31. The molecule has 0 aliphatic carbocycles. The van der Waals surface area contributed by atoms with Gasteiger partial charge in [0.05, 0.1) is 5.52 Å². The van der Waals surface area contributed by atoms with Gasteiger partial charge in [-0.15, -0.1) is 5.10 Å². The maximum Gasteiger partial charge on any atom is 0.132 e. The number of hydrogen-bond acceptors (Lipinski definition) is 7. The van der Waals surface area contributed by atoms with E-state index in [9.17, 15) is 0 Å². The highest BCUT2D eigenvalue weighted by molar-refractivity contribution is 5.84. The van der Waals surface area contributed by atoms with Crippen LogP contribution >= 0.6 is 0 Å². The van der Waals surface area contributed by atoms with Gasteiger partial charge in [0.25, 0.3) is 0 Å². The Morgan fingerprint density at radius 2 is 2.00 bits per heavy atom. The van der Waals surface area contributed by atoms with E-state index >= 15 is 0 Å². The zero-order valence-corrected chi connectivity index (χ0v) is 17.1. The van der Waals surface area contributed by atoms with E-state index in [4.69, 9.17) is 5.73 Å². The largest absolute Gasteiger partial charge is 0.369 e. The van der Waals surface area contributed by atoms with Crippen LogP contribution < -0.4 is 16.4 Å². The average Bonchev–Trinajstić information content (AvgIpc) is 3.14. The molecule has 0 saturated heterocycles. The molecule has 0 spiro atoms. The number of nitrogens with two attached hydrogens (primary N) is 1.